The van der Waals surface area contributed by atoms with E-state index in [1.54, 1.807) is 6.20 Å². The molecule has 0 spiro atoms. The molecule has 3 N–H and O–H groups in total. The number of halogens is 4. The van der Waals surface area contributed by atoms with Gasteiger partial charge in [0.05, 0.1) is 22.0 Å². The van der Waals surface area contributed by atoms with Crippen molar-refractivity contribution in [2.75, 3.05) is 11.1 Å². The molecule has 1 heterocycles. The summed E-state index contributed by atoms with van der Waals surface area (Å²) in [5.74, 6) is -0.287. The Kier molecular flexibility index (Phi) is 4.03. The average Bonchev–Trinajstić information content (AvgIpc) is 2.34. The highest BCUT2D eigenvalue weighted by atomic mass is 79.9. The molecule has 1 aromatic heterocycles. The van der Waals surface area contributed by atoms with E-state index in [2.05, 4.69) is 31.0 Å². The molecule has 8 heteroatoms. The molecule has 0 aliphatic carbocycles. The van der Waals surface area contributed by atoms with Crippen LogP contribution in [0.15, 0.2) is 41.1 Å². The van der Waals surface area contributed by atoms with Crippen LogP contribution in [0.25, 0.3) is 0 Å². The Morgan fingerprint density at radius 1 is 1.15 bits per heavy atom. The van der Waals surface area contributed by atoms with Crippen molar-refractivity contribution in [1.29, 1.82) is 0 Å². The maximum atomic E-state index is 12.0. The first-order chi connectivity index (χ1) is 9.35. The van der Waals surface area contributed by atoms with Crippen molar-refractivity contribution in [1.82, 2.24) is 4.98 Å². The zero-order chi connectivity index (χ0) is 14.8. The molecule has 106 valence electrons. The second kappa shape index (κ2) is 5.58. The fourth-order valence-corrected chi connectivity index (χ4v) is 1.91. The first kappa shape index (κ1) is 14.4. The number of benzene rings is 1. The molecule has 0 aliphatic rings. The van der Waals surface area contributed by atoms with Crippen molar-refractivity contribution in [3.8, 4) is 5.75 Å². The molecule has 0 atom stereocenters. The number of nitrogens with two attached hydrogens (primary N) is 1. The fourth-order valence-electron chi connectivity index (χ4n) is 1.47. The van der Waals surface area contributed by atoms with Crippen LogP contribution in [-0.4, -0.2) is 11.3 Å². The lowest BCUT2D eigenvalue weighted by Gasteiger charge is -2.12. The number of pyridine rings is 1. The van der Waals surface area contributed by atoms with E-state index >= 15 is 0 Å². The predicted octanol–water partition coefficient (Wildman–Crippen LogP) is 4.07. The van der Waals surface area contributed by atoms with Crippen LogP contribution in [0, 0.1) is 0 Å². The van der Waals surface area contributed by atoms with Crippen molar-refractivity contribution in [3.63, 3.8) is 0 Å². The Morgan fingerprint density at radius 3 is 2.35 bits per heavy atom. The summed E-state index contributed by atoms with van der Waals surface area (Å²) >= 11 is 3.28. The van der Waals surface area contributed by atoms with Crippen molar-refractivity contribution in [2.24, 2.45) is 0 Å². The molecule has 2 rings (SSSR count). The number of nitrogen functional groups attached to an aromatic ring is 1. The minimum absolute atomic E-state index is 0.287. The Labute approximate surface area is 120 Å². The van der Waals surface area contributed by atoms with Crippen LogP contribution in [-0.2, 0) is 0 Å². The summed E-state index contributed by atoms with van der Waals surface area (Å²) in [7, 11) is 0. The van der Waals surface area contributed by atoms with Gasteiger partial charge in [-0.25, -0.2) is 0 Å². The van der Waals surface area contributed by atoms with E-state index in [0.29, 0.717) is 21.5 Å². The second-order valence-corrected chi connectivity index (χ2v) is 4.64. The van der Waals surface area contributed by atoms with Gasteiger partial charge in [-0.15, -0.1) is 13.2 Å². The lowest BCUT2D eigenvalue weighted by molar-refractivity contribution is -0.274. The molecule has 0 amide bonds. The maximum Gasteiger partial charge on any atom is 0.573 e. The maximum absolute atomic E-state index is 12.0. The van der Waals surface area contributed by atoms with Crippen molar-refractivity contribution in [3.05, 3.63) is 41.1 Å². The molecule has 1 aromatic carbocycles. The molecule has 20 heavy (non-hydrogen) atoms. The number of nitrogens with zero attached hydrogens (tertiary/aromatic N) is 1. The molecule has 0 bridgehead atoms. The van der Waals surface area contributed by atoms with Gasteiger partial charge in [-0.05, 0) is 40.2 Å². The zero-order valence-corrected chi connectivity index (χ0v) is 11.5. The normalized spacial score (nSPS) is 11.2. The standard InChI is InChI=1S/C12H9BrF3N3O/c13-9-5-18-6-10(17)11(9)19-7-1-3-8(4-2-7)20-12(14,15)16/h1-6H,17H2,(H,18,19). The topological polar surface area (TPSA) is 60.2 Å². The van der Waals surface area contributed by atoms with E-state index in [9.17, 15) is 13.2 Å². The summed E-state index contributed by atoms with van der Waals surface area (Å²) in [6, 6.07) is 5.32. The summed E-state index contributed by atoms with van der Waals surface area (Å²) in [6.07, 6.45) is -1.68. The lowest BCUT2D eigenvalue weighted by Crippen LogP contribution is -2.16. The third-order valence-corrected chi connectivity index (χ3v) is 2.89. The molecule has 0 unspecified atom stereocenters. The minimum Gasteiger partial charge on any atom is -0.406 e. The van der Waals surface area contributed by atoms with Crippen LogP contribution in [0.4, 0.5) is 30.2 Å². The molecule has 2 aromatic rings. The second-order valence-electron chi connectivity index (χ2n) is 3.78. The molecule has 0 radical (unpaired) electrons. The zero-order valence-electron chi connectivity index (χ0n) is 9.91. The van der Waals surface area contributed by atoms with Gasteiger partial charge in [0.15, 0.2) is 0 Å². The summed E-state index contributed by atoms with van der Waals surface area (Å²) in [4.78, 5) is 3.88. The van der Waals surface area contributed by atoms with Crippen molar-refractivity contribution >= 4 is 33.0 Å². The van der Waals surface area contributed by atoms with Gasteiger partial charge in [-0.2, -0.15) is 0 Å². The third-order valence-electron chi connectivity index (χ3n) is 2.29. The van der Waals surface area contributed by atoms with E-state index in [0.717, 1.165) is 0 Å². The van der Waals surface area contributed by atoms with Crippen LogP contribution in [0.1, 0.15) is 0 Å². The Morgan fingerprint density at radius 2 is 1.80 bits per heavy atom. The highest BCUT2D eigenvalue weighted by Gasteiger charge is 2.30. The summed E-state index contributed by atoms with van der Waals surface area (Å²) in [5.41, 5.74) is 7.32. The molecule has 0 saturated heterocycles. The van der Waals surface area contributed by atoms with E-state index in [4.69, 9.17) is 5.73 Å². The van der Waals surface area contributed by atoms with Gasteiger partial charge in [-0.1, -0.05) is 0 Å². The number of nitrogens with one attached hydrogen (secondary N) is 1. The van der Waals surface area contributed by atoms with E-state index < -0.39 is 6.36 Å². The highest BCUT2D eigenvalue weighted by molar-refractivity contribution is 9.10. The van der Waals surface area contributed by atoms with Crippen LogP contribution < -0.4 is 15.8 Å². The number of hydrogen-bond donors (Lipinski definition) is 2. The van der Waals surface area contributed by atoms with Gasteiger partial charge in [0.2, 0.25) is 0 Å². The van der Waals surface area contributed by atoms with Crippen LogP contribution in [0.5, 0.6) is 5.75 Å². The van der Waals surface area contributed by atoms with Crippen LogP contribution in [0.3, 0.4) is 0 Å². The minimum atomic E-state index is -4.70. The number of anilines is 3. The molecule has 0 fully saturated rings. The number of ether oxygens (including phenoxy) is 1. The molecule has 0 saturated carbocycles. The van der Waals surface area contributed by atoms with Crippen LogP contribution >= 0.6 is 15.9 Å². The number of aromatic nitrogens is 1. The van der Waals surface area contributed by atoms with Crippen molar-refractivity contribution < 1.29 is 17.9 Å². The Bertz CT molecular complexity index is 582. The third kappa shape index (κ3) is 3.77. The average molecular weight is 348 g/mol. The van der Waals surface area contributed by atoms with Gasteiger partial charge < -0.3 is 15.8 Å². The van der Waals surface area contributed by atoms with E-state index in [1.165, 1.54) is 30.5 Å². The Hall–Kier alpha value is -1.96. The molecular formula is C12H9BrF3N3O. The SMILES string of the molecule is Nc1cncc(Br)c1Nc1ccc(OC(F)(F)F)cc1. The van der Waals surface area contributed by atoms with Gasteiger partial charge in [0.1, 0.15) is 5.75 Å². The number of hydrogen-bond acceptors (Lipinski definition) is 4. The summed E-state index contributed by atoms with van der Waals surface area (Å²) in [5, 5.41) is 2.98. The summed E-state index contributed by atoms with van der Waals surface area (Å²) in [6.45, 7) is 0. The van der Waals surface area contributed by atoms with E-state index in [-0.39, 0.29) is 5.75 Å². The smallest absolute Gasteiger partial charge is 0.406 e. The largest absolute Gasteiger partial charge is 0.573 e. The van der Waals surface area contributed by atoms with Gasteiger partial charge in [-0.3, -0.25) is 4.98 Å². The fraction of sp³-hybridized carbons (Fsp3) is 0.0833. The Balaban J connectivity index is 2.15. The lowest BCUT2D eigenvalue weighted by atomic mass is 10.2. The molecule has 4 nitrogen and oxygen atoms in total. The van der Waals surface area contributed by atoms with Gasteiger partial charge >= 0.3 is 6.36 Å². The molecule has 0 aliphatic heterocycles. The number of rotatable bonds is 3. The first-order valence-electron chi connectivity index (χ1n) is 5.37. The number of alkyl halides is 3. The van der Waals surface area contributed by atoms with Gasteiger partial charge in [0, 0.05) is 11.9 Å². The summed E-state index contributed by atoms with van der Waals surface area (Å²) < 4.78 is 40.5. The highest BCUT2D eigenvalue weighted by Crippen LogP contribution is 2.31. The first-order valence-corrected chi connectivity index (χ1v) is 6.16. The predicted molar refractivity (Wildman–Crippen MR) is 72.8 cm³/mol. The molecular weight excluding hydrogens is 339 g/mol. The quantitative estimate of drug-likeness (QED) is 0.878. The van der Waals surface area contributed by atoms with Crippen LogP contribution in [0.2, 0.25) is 0 Å². The van der Waals surface area contributed by atoms with Gasteiger partial charge in [0.25, 0.3) is 0 Å². The van der Waals surface area contributed by atoms with Crippen molar-refractivity contribution in [2.45, 2.75) is 6.36 Å². The monoisotopic (exact) mass is 347 g/mol. The van der Waals surface area contributed by atoms with E-state index in [1.807, 2.05) is 0 Å².